The summed E-state index contributed by atoms with van der Waals surface area (Å²) >= 11 is 1.59. The number of rotatable bonds is 5. The number of thioether (sulfide) groups is 1. The van der Waals surface area contributed by atoms with Crippen molar-refractivity contribution in [3.05, 3.63) is 69.9 Å². The van der Waals surface area contributed by atoms with Gasteiger partial charge in [0.25, 0.3) is 0 Å². The van der Waals surface area contributed by atoms with Crippen molar-refractivity contribution in [3.63, 3.8) is 0 Å². The van der Waals surface area contributed by atoms with Gasteiger partial charge in [-0.05, 0) is 48.6 Å². The molecule has 1 aromatic heterocycles. The van der Waals surface area contributed by atoms with Gasteiger partial charge in [0.1, 0.15) is 11.6 Å². The van der Waals surface area contributed by atoms with Gasteiger partial charge >= 0.3 is 0 Å². The van der Waals surface area contributed by atoms with Crippen LogP contribution < -0.4 is 10.6 Å². The molecule has 0 bridgehead atoms. The highest BCUT2D eigenvalue weighted by atomic mass is 32.2. The predicted octanol–water partition coefficient (Wildman–Crippen LogP) is 6.20. The Morgan fingerprint density at radius 3 is 2.67 bits per heavy atom. The van der Waals surface area contributed by atoms with Crippen molar-refractivity contribution in [1.82, 2.24) is 0 Å². The molecule has 2 aliphatic rings. The summed E-state index contributed by atoms with van der Waals surface area (Å²) < 4.78 is 5.98. The minimum atomic E-state index is -0.509. The fraction of sp³-hybridized carbons (Fsp3) is 0.407. The maximum Gasteiger partial charge on any atom is 0.164 e. The van der Waals surface area contributed by atoms with Crippen LogP contribution in [0.15, 0.2) is 62.5 Å². The molecule has 2 heterocycles. The molecule has 0 saturated carbocycles. The Labute approximate surface area is 200 Å². The van der Waals surface area contributed by atoms with Gasteiger partial charge in [-0.1, -0.05) is 57.7 Å². The van der Waals surface area contributed by atoms with E-state index in [9.17, 15) is 10.1 Å². The summed E-state index contributed by atoms with van der Waals surface area (Å²) in [5.41, 5.74) is 11.5. The van der Waals surface area contributed by atoms with Crippen molar-refractivity contribution in [1.29, 1.82) is 5.26 Å². The number of nitrogens with zero attached hydrogens (tertiary/aromatic N) is 2. The fourth-order valence-corrected chi connectivity index (χ4v) is 5.88. The number of nitriles is 1. The third-order valence-corrected chi connectivity index (χ3v) is 7.30. The number of ketones is 1. The number of benzene rings is 1. The van der Waals surface area contributed by atoms with Crippen molar-refractivity contribution >= 4 is 23.2 Å². The standard InChI is InChI=1S/C27H31N3O2S/c1-6-17-10-8-9-11-20(17)30-21-13-27(4,5)14-22(31)24(21)23(19(15-28)25(30)29)18-12-16(3)32-26(18)33-7-2/h8-12,23H,6-7,13-14,29H2,1-5H3. The Hall–Kier alpha value is -2.91. The van der Waals surface area contributed by atoms with E-state index in [4.69, 9.17) is 10.2 Å². The minimum absolute atomic E-state index is 0.0804. The van der Waals surface area contributed by atoms with Crippen LogP contribution in [-0.4, -0.2) is 11.5 Å². The van der Waals surface area contributed by atoms with E-state index in [1.165, 1.54) is 0 Å². The maximum absolute atomic E-state index is 13.7. The molecule has 4 rings (SSSR count). The summed E-state index contributed by atoms with van der Waals surface area (Å²) in [6, 6.07) is 12.4. The Bertz CT molecular complexity index is 1210. The highest BCUT2D eigenvalue weighted by molar-refractivity contribution is 7.99. The first-order chi connectivity index (χ1) is 15.7. The minimum Gasteiger partial charge on any atom is -0.455 e. The van der Waals surface area contributed by atoms with Gasteiger partial charge in [-0.25, -0.2) is 0 Å². The Morgan fingerprint density at radius 2 is 2.00 bits per heavy atom. The molecule has 2 aromatic rings. The monoisotopic (exact) mass is 461 g/mol. The molecule has 33 heavy (non-hydrogen) atoms. The van der Waals surface area contributed by atoms with Crippen molar-refractivity contribution in [2.45, 2.75) is 64.9 Å². The molecular weight excluding hydrogens is 430 g/mol. The van der Waals surface area contributed by atoms with Gasteiger partial charge in [0.2, 0.25) is 0 Å². The molecule has 1 aromatic carbocycles. The van der Waals surface area contributed by atoms with E-state index >= 15 is 0 Å². The van der Waals surface area contributed by atoms with E-state index in [1.54, 1.807) is 11.8 Å². The zero-order valence-corrected chi connectivity index (χ0v) is 20.8. The zero-order valence-electron chi connectivity index (χ0n) is 20.0. The van der Waals surface area contributed by atoms with E-state index in [-0.39, 0.29) is 11.2 Å². The number of nitrogens with two attached hydrogens (primary N) is 1. The third kappa shape index (κ3) is 4.00. The second-order valence-corrected chi connectivity index (χ2v) is 10.7. The fourth-order valence-electron chi connectivity index (χ4n) is 5.08. The summed E-state index contributed by atoms with van der Waals surface area (Å²) in [6.07, 6.45) is 1.97. The van der Waals surface area contributed by atoms with E-state index in [1.807, 2.05) is 36.1 Å². The average Bonchev–Trinajstić information content (AvgIpc) is 3.12. The summed E-state index contributed by atoms with van der Waals surface area (Å²) in [4.78, 5) is 15.7. The lowest BCUT2D eigenvalue weighted by Crippen LogP contribution is -2.42. The van der Waals surface area contributed by atoms with Crippen LogP contribution in [0.1, 0.15) is 63.3 Å². The number of para-hydroxylation sites is 1. The van der Waals surface area contributed by atoms with Gasteiger partial charge in [0.05, 0.1) is 23.2 Å². The van der Waals surface area contributed by atoms with E-state index in [0.717, 1.165) is 45.5 Å². The SMILES string of the molecule is CCSc1oc(C)cc1C1C(C#N)=C(N)N(c2ccccc2CC)C2=C1C(=O)CC(C)(C)C2. The average molecular weight is 462 g/mol. The molecule has 1 unspecified atom stereocenters. The van der Waals surface area contributed by atoms with Crippen molar-refractivity contribution < 1.29 is 9.21 Å². The lowest BCUT2D eigenvalue weighted by Gasteiger charge is -2.44. The summed E-state index contributed by atoms with van der Waals surface area (Å²) in [5.74, 6) is 1.57. The van der Waals surface area contributed by atoms with E-state index in [2.05, 4.69) is 39.8 Å². The number of Topliss-reactive ketones (excluding diaryl/α,β-unsaturated/α-hetero) is 1. The van der Waals surface area contributed by atoms with Gasteiger partial charge in [0.15, 0.2) is 10.9 Å². The van der Waals surface area contributed by atoms with Crippen LogP contribution in [0, 0.1) is 23.7 Å². The number of furan rings is 1. The topological polar surface area (TPSA) is 83.3 Å². The molecule has 172 valence electrons. The molecule has 2 N–H and O–H groups in total. The highest BCUT2D eigenvalue weighted by Crippen LogP contribution is 2.52. The van der Waals surface area contributed by atoms with Crippen molar-refractivity contribution in [2.75, 3.05) is 10.7 Å². The Balaban J connectivity index is 2.03. The second-order valence-electron chi connectivity index (χ2n) is 9.50. The molecule has 0 saturated heterocycles. The summed E-state index contributed by atoms with van der Waals surface area (Å²) in [5, 5.41) is 11.1. The largest absolute Gasteiger partial charge is 0.455 e. The van der Waals surface area contributed by atoms with Crippen LogP contribution in [0.25, 0.3) is 0 Å². The van der Waals surface area contributed by atoms with Crippen LogP contribution in [0.4, 0.5) is 5.69 Å². The molecule has 0 fully saturated rings. The molecular formula is C27H31N3O2S. The molecule has 5 nitrogen and oxygen atoms in total. The first-order valence-electron chi connectivity index (χ1n) is 11.5. The Kier molecular flexibility index (Phi) is 6.20. The predicted molar refractivity (Wildman–Crippen MR) is 133 cm³/mol. The molecule has 6 heteroatoms. The summed E-state index contributed by atoms with van der Waals surface area (Å²) in [6.45, 7) is 10.3. The van der Waals surface area contributed by atoms with Gasteiger partial charge in [0, 0.05) is 23.3 Å². The zero-order chi connectivity index (χ0) is 23.9. The first kappa shape index (κ1) is 23.3. The van der Waals surface area contributed by atoms with Crippen LogP contribution in [0.5, 0.6) is 0 Å². The number of anilines is 1. The maximum atomic E-state index is 13.7. The molecule has 1 aliphatic carbocycles. The lowest BCUT2D eigenvalue weighted by atomic mass is 9.68. The third-order valence-electron chi connectivity index (χ3n) is 6.43. The van der Waals surface area contributed by atoms with Gasteiger partial charge < -0.3 is 10.2 Å². The van der Waals surface area contributed by atoms with Crippen LogP contribution >= 0.6 is 11.8 Å². The molecule has 0 radical (unpaired) electrons. The number of carbonyl (C=O) groups is 1. The number of allylic oxidation sites excluding steroid dienone is 3. The van der Waals surface area contributed by atoms with Crippen LogP contribution in [0.2, 0.25) is 0 Å². The van der Waals surface area contributed by atoms with Crippen LogP contribution in [0.3, 0.4) is 0 Å². The van der Waals surface area contributed by atoms with Gasteiger partial charge in [-0.3, -0.25) is 9.69 Å². The number of hydrogen-bond donors (Lipinski definition) is 1. The number of aryl methyl sites for hydroxylation is 2. The van der Waals surface area contributed by atoms with E-state index in [0.29, 0.717) is 29.8 Å². The van der Waals surface area contributed by atoms with Gasteiger partial charge in [-0.15, -0.1) is 0 Å². The number of carbonyl (C=O) groups excluding carboxylic acids is 1. The lowest BCUT2D eigenvalue weighted by molar-refractivity contribution is -0.118. The molecule has 0 spiro atoms. The van der Waals surface area contributed by atoms with Gasteiger partial charge in [-0.2, -0.15) is 5.26 Å². The molecule has 1 atom stereocenters. The molecule has 1 aliphatic heterocycles. The summed E-state index contributed by atoms with van der Waals surface area (Å²) in [7, 11) is 0. The Morgan fingerprint density at radius 1 is 1.27 bits per heavy atom. The number of hydrogen-bond acceptors (Lipinski definition) is 6. The quantitative estimate of drug-likeness (QED) is 0.534. The smallest absolute Gasteiger partial charge is 0.164 e. The van der Waals surface area contributed by atoms with Crippen molar-refractivity contribution in [3.8, 4) is 6.07 Å². The van der Waals surface area contributed by atoms with E-state index < -0.39 is 5.92 Å². The normalized spacial score (nSPS) is 20.2. The highest BCUT2D eigenvalue weighted by Gasteiger charge is 2.46. The van der Waals surface area contributed by atoms with Crippen molar-refractivity contribution in [2.24, 2.45) is 11.1 Å². The molecule has 0 amide bonds. The second kappa shape index (κ2) is 8.79. The van der Waals surface area contributed by atoms with Crippen LogP contribution in [-0.2, 0) is 11.2 Å². The first-order valence-corrected chi connectivity index (χ1v) is 12.5.